The molecule has 0 spiro atoms. The predicted octanol–water partition coefficient (Wildman–Crippen LogP) is 1.24. The molecule has 0 atom stereocenters. The van der Waals surface area contributed by atoms with Crippen LogP contribution in [0.25, 0.3) is 4.96 Å². The number of carbonyl (C=O) groups is 1. The van der Waals surface area contributed by atoms with E-state index in [9.17, 15) is 22.4 Å². The average Bonchev–Trinajstić information content (AvgIpc) is 3.06. The van der Waals surface area contributed by atoms with Crippen LogP contribution in [0, 0.1) is 5.82 Å². The summed E-state index contributed by atoms with van der Waals surface area (Å²) in [6.45, 7) is -0.388. The van der Waals surface area contributed by atoms with E-state index in [0.717, 1.165) is 18.2 Å². The molecular weight excluding hydrogens is 357 g/mol. The number of aromatic nitrogens is 2. The third kappa shape index (κ3) is 2.07. The first-order valence-electron chi connectivity index (χ1n) is 6.70. The molecule has 2 aromatic heterocycles. The Morgan fingerprint density at radius 3 is 2.79 bits per heavy atom. The molecule has 3 heterocycles. The topological polar surface area (TPSA) is 88.8 Å². The summed E-state index contributed by atoms with van der Waals surface area (Å²) in [5.41, 5.74) is -0.444. The van der Waals surface area contributed by atoms with Crippen LogP contribution in [0.3, 0.4) is 0 Å². The number of thiazole rings is 1. The van der Waals surface area contributed by atoms with Crippen LogP contribution in [0.1, 0.15) is 16.1 Å². The van der Waals surface area contributed by atoms with Crippen LogP contribution in [0.5, 0.6) is 0 Å². The molecule has 7 nitrogen and oxygen atoms in total. The fourth-order valence-electron chi connectivity index (χ4n) is 2.53. The SMILES string of the molecule is O=C1c2cc(F)ccc2S(=O)(=O)N1Cc1cc(=O)n2ccsc2n1. The van der Waals surface area contributed by atoms with Gasteiger partial charge in [-0.15, -0.1) is 11.3 Å². The van der Waals surface area contributed by atoms with Crippen molar-refractivity contribution >= 4 is 32.2 Å². The second-order valence-corrected chi connectivity index (χ2v) is 7.80. The Kier molecular flexibility index (Phi) is 3.09. The Morgan fingerprint density at radius 1 is 1.21 bits per heavy atom. The molecule has 1 aromatic carbocycles. The highest BCUT2D eigenvalue weighted by Crippen LogP contribution is 2.31. The first kappa shape index (κ1) is 15.0. The highest BCUT2D eigenvalue weighted by molar-refractivity contribution is 7.90. The van der Waals surface area contributed by atoms with Crippen LogP contribution in [0.4, 0.5) is 4.39 Å². The molecule has 1 amide bonds. The molecule has 0 radical (unpaired) electrons. The van der Waals surface area contributed by atoms with E-state index in [0.29, 0.717) is 9.27 Å². The number of halogens is 1. The molecular formula is C14H8FN3O4S2. The predicted molar refractivity (Wildman–Crippen MR) is 82.8 cm³/mol. The highest BCUT2D eigenvalue weighted by Gasteiger charge is 2.41. The molecule has 0 unspecified atom stereocenters. The van der Waals surface area contributed by atoms with E-state index in [2.05, 4.69) is 4.98 Å². The summed E-state index contributed by atoms with van der Waals surface area (Å²) in [6.07, 6.45) is 1.55. The second kappa shape index (κ2) is 4.95. The lowest BCUT2D eigenvalue weighted by atomic mass is 10.2. The van der Waals surface area contributed by atoms with Gasteiger partial charge in [0.25, 0.3) is 21.5 Å². The fourth-order valence-corrected chi connectivity index (χ4v) is 4.79. The van der Waals surface area contributed by atoms with E-state index >= 15 is 0 Å². The molecule has 3 aromatic rings. The maximum absolute atomic E-state index is 13.3. The van der Waals surface area contributed by atoms with Gasteiger partial charge in [-0.25, -0.2) is 22.1 Å². The van der Waals surface area contributed by atoms with Crippen molar-refractivity contribution in [2.24, 2.45) is 0 Å². The van der Waals surface area contributed by atoms with Crippen LogP contribution in [0.15, 0.2) is 45.5 Å². The summed E-state index contributed by atoms with van der Waals surface area (Å²) in [7, 11) is -4.09. The van der Waals surface area contributed by atoms with Gasteiger partial charge >= 0.3 is 0 Å². The maximum atomic E-state index is 13.3. The van der Waals surface area contributed by atoms with Gasteiger partial charge in [0.2, 0.25) is 0 Å². The van der Waals surface area contributed by atoms with Gasteiger partial charge in [0, 0.05) is 17.6 Å². The molecule has 1 aliphatic heterocycles. The van der Waals surface area contributed by atoms with E-state index < -0.39 is 21.7 Å². The van der Waals surface area contributed by atoms with Crippen LogP contribution in [0.2, 0.25) is 0 Å². The zero-order valence-corrected chi connectivity index (χ0v) is 13.5. The summed E-state index contributed by atoms with van der Waals surface area (Å²) in [4.78, 5) is 28.6. The quantitative estimate of drug-likeness (QED) is 0.682. The van der Waals surface area contributed by atoms with Crippen LogP contribution >= 0.6 is 11.3 Å². The van der Waals surface area contributed by atoms with Gasteiger partial charge in [-0.3, -0.25) is 14.0 Å². The summed E-state index contributed by atoms with van der Waals surface area (Å²) in [5, 5.41) is 1.67. The number of amides is 1. The summed E-state index contributed by atoms with van der Waals surface area (Å²) < 4.78 is 40.2. The van der Waals surface area contributed by atoms with Gasteiger partial charge in [0.1, 0.15) is 10.7 Å². The number of fused-ring (bicyclic) bond motifs is 2. The fraction of sp³-hybridized carbons (Fsp3) is 0.0714. The minimum Gasteiger partial charge on any atom is -0.269 e. The number of sulfonamides is 1. The minimum atomic E-state index is -4.09. The lowest BCUT2D eigenvalue weighted by Crippen LogP contribution is -2.30. The molecule has 0 saturated heterocycles. The van der Waals surface area contributed by atoms with E-state index in [4.69, 9.17) is 0 Å². The Balaban J connectivity index is 1.80. The number of rotatable bonds is 2. The average molecular weight is 365 g/mol. The number of hydrogen-bond donors (Lipinski definition) is 0. The second-order valence-electron chi connectivity index (χ2n) is 5.10. The van der Waals surface area contributed by atoms with Crippen LogP contribution < -0.4 is 5.56 Å². The number of nitrogens with zero attached hydrogens (tertiary/aromatic N) is 3. The van der Waals surface area contributed by atoms with Gasteiger partial charge in [0.15, 0.2) is 4.96 Å². The van der Waals surface area contributed by atoms with E-state index in [1.807, 2.05) is 0 Å². The Labute approximate surface area is 138 Å². The minimum absolute atomic E-state index is 0.146. The monoisotopic (exact) mass is 365 g/mol. The van der Waals surface area contributed by atoms with Crippen molar-refractivity contribution in [2.45, 2.75) is 11.4 Å². The van der Waals surface area contributed by atoms with Crippen molar-refractivity contribution in [3.63, 3.8) is 0 Å². The van der Waals surface area contributed by atoms with Crippen molar-refractivity contribution < 1.29 is 17.6 Å². The van der Waals surface area contributed by atoms with Crippen LogP contribution in [-0.4, -0.2) is 28.0 Å². The van der Waals surface area contributed by atoms with Crippen LogP contribution in [-0.2, 0) is 16.6 Å². The van der Waals surface area contributed by atoms with Gasteiger partial charge in [-0.1, -0.05) is 0 Å². The van der Waals surface area contributed by atoms with E-state index in [-0.39, 0.29) is 28.3 Å². The van der Waals surface area contributed by atoms with Gasteiger partial charge < -0.3 is 0 Å². The third-order valence-electron chi connectivity index (χ3n) is 3.63. The molecule has 0 N–H and O–H groups in total. The van der Waals surface area contributed by atoms with Crippen molar-refractivity contribution in [1.29, 1.82) is 0 Å². The lowest BCUT2D eigenvalue weighted by Gasteiger charge is -2.14. The van der Waals surface area contributed by atoms with Crippen molar-refractivity contribution in [2.75, 3.05) is 0 Å². The standard InChI is InChI=1S/C14H8FN3O4S2/c15-8-1-2-11-10(5-8)13(20)18(24(11,21)22)7-9-6-12(19)17-3-4-23-14(17)16-9/h1-6H,7H2. The Morgan fingerprint density at radius 2 is 2.00 bits per heavy atom. The van der Waals surface area contributed by atoms with Crippen molar-refractivity contribution in [1.82, 2.24) is 13.7 Å². The Hall–Kier alpha value is -2.59. The largest absolute Gasteiger partial charge is 0.269 e. The molecule has 0 bridgehead atoms. The van der Waals surface area contributed by atoms with E-state index in [1.54, 1.807) is 11.6 Å². The third-order valence-corrected chi connectivity index (χ3v) is 6.17. The molecule has 1 aliphatic rings. The zero-order chi connectivity index (χ0) is 17.1. The van der Waals surface area contributed by atoms with Gasteiger partial charge in [-0.05, 0) is 18.2 Å². The molecule has 0 saturated carbocycles. The number of benzene rings is 1. The molecule has 24 heavy (non-hydrogen) atoms. The van der Waals surface area contributed by atoms with E-state index in [1.165, 1.54) is 21.8 Å². The zero-order valence-electron chi connectivity index (χ0n) is 11.8. The summed E-state index contributed by atoms with van der Waals surface area (Å²) in [6, 6.07) is 4.10. The first-order valence-corrected chi connectivity index (χ1v) is 9.02. The normalized spacial score (nSPS) is 15.9. The van der Waals surface area contributed by atoms with Gasteiger partial charge in [-0.2, -0.15) is 0 Å². The molecule has 4 rings (SSSR count). The smallest absolute Gasteiger partial charge is 0.269 e. The number of carbonyl (C=O) groups excluding carboxylic acids is 1. The molecule has 10 heteroatoms. The van der Waals surface area contributed by atoms with Crippen molar-refractivity contribution in [3.8, 4) is 0 Å². The van der Waals surface area contributed by atoms with Gasteiger partial charge in [0.05, 0.1) is 17.8 Å². The lowest BCUT2D eigenvalue weighted by molar-refractivity contribution is 0.0863. The first-order chi connectivity index (χ1) is 11.4. The molecule has 122 valence electrons. The summed E-state index contributed by atoms with van der Waals surface area (Å²) >= 11 is 1.21. The maximum Gasteiger partial charge on any atom is 0.269 e. The number of hydrogen-bond acceptors (Lipinski definition) is 6. The highest BCUT2D eigenvalue weighted by atomic mass is 32.2. The molecule has 0 aliphatic carbocycles. The van der Waals surface area contributed by atoms with Crippen molar-refractivity contribution in [3.05, 3.63) is 63.3 Å². The summed E-state index contributed by atoms with van der Waals surface area (Å²) in [5.74, 6) is -1.53. The Bertz CT molecular complexity index is 1170. The molecule has 0 fully saturated rings.